The molecule has 0 spiro atoms. The van der Waals surface area contributed by atoms with E-state index in [0.717, 1.165) is 0 Å². The normalized spacial score (nSPS) is 10.9. The fourth-order valence-electron chi connectivity index (χ4n) is 0.780. The first kappa shape index (κ1) is 11.2. The lowest BCUT2D eigenvalue weighted by molar-refractivity contribution is 0.643. The van der Waals surface area contributed by atoms with Gasteiger partial charge in [0.25, 0.3) is 0 Å². The maximum Gasteiger partial charge on any atom is 0.160 e. The van der Waals surface area contributed by atoms with Crippen molar-refractivity contribution in [1.82, 2.24) is 14.9 Å². The molecule has 0 saturated heterocycles. The summed E-state index contributed by atoms with van der Waals surface area (Å²) >= 11 is 11.7. The van der Waals surface area contributed by atoms with Crippen LogP contribution >= 0.6 is 23.2 Å². The third kappa shape index (κ3) is 2.82. The summed E-state index contributed by atoms with van der Waals surface area (Å²) in [5.74, 6) is 0.531. The van der Waals surface area contributed by atoms with E-state index in [1.165, 1.54) is 0 Å². The number of rotatable bonds is 2. The molecule has 0 radical (unpaired) electrons. The summed E-state index contributed by atoms with van der Waals surface area (Å²) in [6, 6.07) is 0. The second-order valence-corrected chi connectivity index (χ2v) is 3.63. The maximum atomic E-state index is 5.85. The fourth-order valence-corrected chi connectivity index (χ4v) is 1.35. The van der Waals surface area contributed by atoms with Crippen LogP contribution in [0.25, 0.3) is 0 Å². The summed E-state index contributed by atoms with van der Waals surface area (Å²) in [7, 11) is 3.70. The second kappa shape index (κ2) is 4.57. The van der Waals surface area contributed by atoms with Crippen molar-refractivity contribution >= 4 is 35.2 Å². The number of hydrogen-bond donors (Lipinski definition) is 0. The summed E-state index contributed by atoms with van der Waals surface area (Å²) in [4.78, 5) is 13.7. The molecule has 0 aliphatic heterocycles. The van der Waals surface area contributed by atoms with E-state index >= 15 is 0 Å². The zero-order valence-corrected chi connectivity index (χ0v) is 9.63. The van der Waals surface area contributed by atoms with E-state index in [1.54, 1.807) is 18.2 Å². The summed E-state index contributed by atoms with van der Waals surface area (Å²) in [6.45, 7) is 1.72. The van der Waals surface area contributed by atoms with E-state index in [2.05, 4.69) is 15.0 Å². The Balaban J connectivity index is 3.09. The molecule has 0 saturated carbocycles. The van der Waals surface area contributed by atoms with Crippen molar-refractivity contribution in [3.8, 4) is 0 Å². The average molecular weight is 233 g/mol. The van der Waals surface area contributed by atoms with Gasteiger partial charge in [-0.1, -0.05) is 23.2 Å². The Morgan fingerprint density at radius 3 is 2.14 bits per heavy atom. The van der Waals surface area contributed by atoms with Crippen molar-refractivity contribution < 1.29 is 0 Å². The maximum absolute atomic E-state index is 5.85. The predicted molar refractivity (Wildman–Crippen MR) is 58.6 cm³/mol. The topological polar surface area (TPSA) is 41.4 Å². The molecule has 0 aliphatic rings. The van der Waals surface area contributed by atoms with Gasteiger partial charge in [0.2, 0.25) is 0 Å². The largest absolute Gasteiger partial charge is 0.369 e. The Labute approximate surface area is 92.6 Å². The minimum Gasteiger partial charge on any atom is -0.369 e. The van der Waals surface area contributed by atoms with Crippen molar-refractivity contribution in [3.05, 3.63) is 16.1 Å². The molecule has 1 heterocycles. The molecule has 0 aromatic carbocycles. The summed E-state index contributed by atoms with van der Waals surface area (Å²) in [6.07, 6.45) is 1.59. The van der Waals surface area contributed by atoms with Gasteiger partial charge in [-0.05, 0) is 6.92 Å². The number of halogens is 2. The number of nitrogens with zero attached hydrogens (tertiary/aromatic N) is 4. The highest BCUT2D eigenvalue weighted by Gasteiger charge is 2.07. The van der Waals surface area contributed by atoms with E-state index in [4.69, 9.17) is 23.2 Å². The highest BCUT2D eigenvalue weighted by atomic mass is 35.5. The van der Waals surface area contributed by atoms with Crippen molar-refractivity contribution in [2.45, 2.75) is 6.92 Å². The van der Waals surface area contributed by atoms with Gasteiger partial charge in [-0.25, -0.2) is 15.0 Å². The summed E-state index contributed by atoms with van der Waals surface area (Å²) in [5, 5.41) is 0.529. The number of aliphatic imine (C=N–C) groups is 1. The molecule has 0 aliphatic carbocycles. The van der Waals surface area contributed by atoms with E-state index < -0.39 is 0 Å². The predicted octanol–water partition coefficient (Wildman–Crippen LogP) is 2.31. The van der Waals surface area contributed by atoms with Gasteiger partial charge in [0.1, 0.15) is 11.5 Å². The van der Waals surface area contributed by atoms with Crippen LogP contribution < -0.4 is 0 Å². The molecule has 0 unspecified atom stereocenters. The van der Waals surface area contributed by atoms with Gasteiger partial charge in [0.05, 0.1) is 6.34 Å². The first-order valence-corrected chi connectivity index (χ1v) is 4.66. The molecular formula is C8H10Cl2N4. The molecule has 4 nitrogen and oxygen atoms in total. The van der Waals surface area contributed by atoms with Gasteiger partial charge < -0.3 is 4.90 Å². The quantitative estimate of drug-likeness (QED) is 0.447. The Kier molecular flexibility index (Phi) is 3.66. The zero-order chi connectivity index (χ0) is 10.7. The minimum atomic E-state index is 0.264. The Morgan fingerprint density at radius 1 is 1.21 bits per heavy atom. The molecule has 0 amide bonds. The zero-order valence-electron chi connectivity index (χ0n) is 8.12. The molecule has 6 heteroatoms. The van der Waals surface area contributed by atoms with Gasteiger partial charge in [-0.15, -0.1) is 0 Å². The molecular weight excluding hydrogens is 223 g/mol. The van der Waals surface area contributed by atoms with Crippen molar-refractivity contribution in [3.63, 3.8) is 0 Å². The van der Waals surface area contributed by atoms with Gasteiger partial charge in [-0.2, -0.15) is 0 Å². The van der Waals surface area contributed by atoms with Gasteiger partial charge in [-0.3, -0.25) is 0 Å². The smallest absolute Gasteiger partial charge is 0.160 e. The number of aromatic nitrogens is 2. The van der Waals surface area contributed by atoms with Crippen LogP contribution in [-0.4, -0.2) is 35.3 Å². The Hall–Kier alpha value is -0.870. The molecule has 0 fully saturated rings. The highest BCUT2D eigenvalue weighted by Crippen LogP contribution is 2.29. The fraction of sp³-hybridized carbons (Fsp3) is 0.375. The van der Waals surface area contributed by atoms with E-state index in [0.29, 0.717) is 11.5 Å². The van der Waals surface area contributed by atoms with E-state index in [9.17, 15) is 0 Å². The number of hydrogen-bond acceptors (Lipinski definition) is 3. The van der Waals surface area contributed by atoms with Crippen LogP contribution in [0.3, 0.4) is 0 Å². The van der Waals surface area contributed by atoms with Crippen molar-refractivity contribution in [2.75, 3.05) is 14.1 Å². The lowest BCUT2D eigenvalue weighted by atomic mass is 10.5. The average Bonchev–Trinajstić information content (AvgIpc) is 2.01. The summed E-state index contributed by atoms with van der Waals surface area (Å²) in [5.41, 5.74) is 0.396. The molecule has 1 aromatic rings. The van der Waals surface area contributed by atoms with Gasteiger partial charge >= 0.3 is 0 Å². The Morgan fingerprint density at radius 2 is 1.71 bits per heavy atom. The third-order valence-electron chi connectivity index (χ3n) is 1.33. The highest BCUT2D eigenvalue weighted by molar-refractivity contribution is 6.37. The molecule has 76 valence electrons. The lowest BCUT2D eigenvalue weighted by Crippen LogP contribution is -2.07. The Bertz CT molecular complexity index is 339. The van der Waals surface area contributed by atoms with Crippen LogP contribution in [0.4, 0.5) is 5.69 Å². The van der Waals surface area contributed by atoms with Crippen LogP contribution in [0.2, 0.25) is 10.3 Å². The van der Waals surface area contributed by atoms with Crippen LogP contribution in [0.15, 0.2) is 4.99 Å². The first-order valence-electron chi connectivity index (χ1n) is 3.91. The number of aryl methyl sites for hydroxylation is 1. The van der Waals surface area contributed by atoms with Gasteiger partial charge in [0, 0.05) is 14.1 Å². The van der Waals surface area contributed by atoms with E-state index in [1.807, 2.05) is 14.1 Å². The van der Waals surface area contributed by atoms with E-state index in [-0.39, 0.29) is 10.3 Å². The van der Waals surface area contributed by atoms with Gasteiger partial charge in [0.15, 0.2) is 10.3 Å². The van der Waals surface area contributed by atoms with Crippen molar-refractivity contribution in [1.29, 1.82) is 0 Å². The standard InChI is InChI=1S/C8H10Cl2N4/c1-5-12-7(9)6(8(10)13-5)11-4-14(2)3/h4H,1-3H3. The molecule has 14 heavy (non-hydrogen) atoms. The third-order valence-corrected chi connectivity index (χ3v) is 1.86. The first-order chi connectivity index (χ1) is 6.50. The molecule has 0 N–H and O–H groups in total. The molecule has 1 aromatic heterocycles. The van der Waals surface area contributed by atoms with Crippen molar-refractivity contribution in [2.24, 2.45) is 4.99 Å². The summed E-state index contributed by atoms with van der Waals surface area (Å²) < 4.78 is 0. The SMILES string of the molecule is Cc1nc(Cl)c(N=CN(C)C)c(Cl)n1. The minimum absolute atomic E-state index is 0.264. The molecule has 0 atom stereocenters. The monoisotopic (exact) mass is 232 g/mol. The van der Waals surface area contributed by atoms with Crippen LogP contribution in [-0.2, 0) is 0 Å². The molecule has 1 rings (SSSR count). The van der Waals surface area contributed by atoms with Crippen LogP contribution in [0, 0.1) is 6.92 Å². The lowest BCUT2D eigenvalue weighted by Gasteiger charge is -2.04. The van der Waals surface area contributed by atoms with Crippen LogP contribution in [0.5, 0.6) is 0 Å². The molecule has 0 bridgehead atoms. The van der Waals surface area contributed by atoms with Crippen LogP contribution in [0.1, 0.15) is 5.82 Å². The second-order valence-electron chi connectivity index (χ2n) is 2.91.